The van der Waals surface area contributed by atoms with E-state index in [1.54, 1.807) is 18.2 Å². The van der Waals surface area contributed by atoms with Gasteiger partial charge in [0.15, 0.2) is 5.58 Å². The summed E-state index contributed by atoms with van der Waals surface area (Å²) in [6.07, 6.45) is 0. The smallest absolute Gasteiger partial charge is 0.153 e. The number of nitrogens with zero attached hydrogens (tertiary/aromatic N) is 1. The van der Waals surface area contributed by atoms with E-state index in [2.05, 4.69) is 0 Å². The number of furan rings is 1. The second-order valence-electron chi connectivity index (χ2n) is 4.86. The van der Waals surface area contributed by atoms with E-state index >= 15 is 0 Å². The lowest BCUT2D eigenvalue weighted by atomic mass is 10.0. The molecule has 0 saturated carbocycles. The van der Waals surface area contributed by atoms with Crippen LogP contribution in [0.3, 0.4) is 0 Å². The summed E-state index contributed by atoms with van der Waals surface area (Å²) in [6.45, 7) is 0.257. The Kier molecular flexibility index (Phi) is 2.19. The zero-order valence-corrected chi connectivity index (χ0v) is 10.8. The highest BCUT2D eigenvalue weighted by molar-refractivity contribution is 5.93. The SMILES string of the molecule is N#Cc1cc(O)cc2c3c(oc12)-c1ccc(O)cc1OC3. The van der Waals surface area contributed by atoms with Crippen molar-refractivity contribution in [2.24, 2.45) is 0 Å². The first-order valence-electron chi connectivity index (χ1n) is 6.32. The third kappa shape index (κ3) is 1.56. The van der Waals surface area contributed by atoms with Gasteiger partial charge >= 0.3 is 0 Å². The highest BCUT2D eigenvalue weighted by atomic mass is 16.5. The fraction of sp³-hybridized carbons (Fsp3) is 0.0625. The first-order valence-corrected chi connectivity index (χ1v) is 6.32. The van der Waals surface area contributed by atoms with Gasteiger partial charge in [0.2, 0.25) is 0 Å². The largest absolute Gasteiger partial charge is 0.508 e. The van der Waals surface area contributed by atoms with E-state index in [1.165, 1.54) is 12.1 Å². The summed E-state index contributed by atoms with van der Waals surface area (Å²) >= 11 is 0. The van der Waals surface area contributed by atoms with E-state index in [0.717, 1.165) is 5.56 Å². The number of fused-ring (bicyclic) bond motifs is 5. The molecule has 0 bridgehead atoms. The molecule has 0 fully saturated rings. The van der Waals surface area contributed by atoms with Crippen molar-refractivity contribution in [2.45, 2.75) is 6.61 Å². The van der Waals surface area contributed by atoms with Crippen molar-refractivity contribution >= 4 is 11.0 Å². The molecule has 0 unspecified atom stereocenters. The third-order valence-electron chi connectivity index (χ3n) is 3.58. The summed E-state index contributed by atoms with van der Waals surface area (Å²) in [5.41, 5.74) is 2.22. The summed E-state index contributed by atoms with van der Waals surface area (Å²) in [5.74, 6) is 1.26. The maximum absolute atomic E-state index is 9.73. The van der Waals surface area contributed by atoms with Crippen molar-refractivity contribution in [3.8, 4) is 34.6 Å². The molecule has 2 heterocycles. The number of hydrogen-bond donors (Lipinski definition) is 2. The van der Waals surface area contributed by atoms with Gasteiger partial charge in [-0.15, -0.1) is 0 Å². The minimum Gasteiger partial charge on any atom is -0.508 e. The van der Waals surface area contributed by atoms with Gasteiger partial charge in [-0.25, -0.2) is 0 Å². The van der Waals surface area contributed by atoms with Crippen molar-refractivity contribution < 1.29 is 19.4 Å². The number of phenolic OH excluding ortho intramolecular Hbond substituents is 2. The molecule has 5 nitrogen and oxygen atoms in total. The predicted octanol–water partition coefficient (Wildman–Crippen LogP) is 3.28. The van der Waals surface area contributed by atoms with Crippen LogP contribution in [-0.2, 0) is 6.61 Å². The summed E-state index contributed by atoms with van der Waals surface area (Å²) in [7, 11) is 0. The molecule has 0 spiro atoms. The molecule has 102 valence electrons. The molecule has 1 aromatic heterocycles. The van der Waals surface area contributed by atoms with E-state index in [1.807, 2.05) is 6.07 Å². The molecule has 0 saturated heterocycles. The fourth-order valence-electron chi connectivity index (χ4n) is 2.65. The summed E-state index contributed by atoms with van der Waals surface area (Å²) < 4.78 is 11.5. The fourth-order valence-corrected chi connectivity index (χ4v) is 2.65. The molecular formula is C16H9NO4. The summed E-state index contributed by atoms with van der Waals surface area (Å²) in [4.78, 5) is 0. The van der Waals surface area contributed by atoms with E-state index in [4.69, 9.17) is 14.4 Å². The molecule has 0 atom stereocenters. The van der Waals surface area contributed by atoms with E-state index in [-0.39, 0.29) is 23.7 Å². The Morgan fingerprint density at radius 2 is 1.95 bits per heavy atom. The minimum absolute atomic E-state index is 0.0131. The van der Waals surface area contributed by atoms with Crippen LogP contribution in [0.1, 0.15) is 11.1 Å². The standard InChI is InChI=1S/C16H9NO4/c17-6-8-3-10(19)4-12-13-7-20-14-5-9(18)1-2-11(14)16(13)21-15(8)12/h1-5,18-19H,7H2. The van der Waals surface area contributed by atoms with Gasteiger partial charge < -0.3 is 19.4 Å². The lowest BCUT2D eigenvalue weighted by molar-refractivity contribution is 0.298. The molecule has 0 radical (unpaired) electrons. The van der Waals surface area contributed by atoms with Crippen molar-refractivity contribution in [3.63, 3.8) is 0 Å². The van der Waals surface area contributed by atoms with Crippen LogP contribution in [0.4, 0.5) is 0 Å². The summed E-state index contributed by atoms with van der Waals surface area (Å²) in [6, 6.07) is 9.73. The summed E-state index contributed by atoms with van der Waals surface area (Å²) in [5, 5.41) is 29.1. The molecule has 3 aromatic rings. The first kappa shape index (κ1) is 11.7. The van der Waals surface area contributed by atoms with Crippen molar-refractivity contribution in [3.05, 3.63) is 41.5 Å². The number of benzene rings is 2. The predicted molar refractivity (Wildman–Crippen MR) is 74.0 cm³/mol. The molecule has 1 aliphatic rings. The maximum Gasteiger partial charge on any atom is 0.153 e. The molecule has 0 aliphatic carbocycles. The van der Waals surface area contributed by atoms with Crippen LogP contribution in [0.5, 0.6) is 17.2 Å². The number of nitriles is 1. The first-order chi connectivity index (χ1) is 10.2. The normalized spacial score (nSPS) is 12.3. The maximum atomic E-state index is 9.73. The average molecular weight is 279 g/mol. The molecule has 21 heavy (non-hydrogen) atoms. The number of aromatic hydroxyl groups is 2. The number of hydrogen-bond acceptors (Lipinski definition) is 5. The Balaban J connectivity index is 2.08. The van der Waals surface area contributed by atoms with Crippen LogP contribution in [-0.4, -0.2) is 10.2 Å². The van der Waals surface area contributed by atoms with Gasteiger partial charge in [-0.1, -0.05) is 0 Å². The number of phenols is 2. The number of ether oxygens (including phenoxy) is 1. The Labute approximate surface area is 119 Å². The highest BCUT2D eigenvalue weighted by Crippen LogP contribution is 2.45. The van der Waals surface area contributed by atoms with Crippen molar-refractivity contribution in [2.75, 3.05) is 0 Å². The third-order valence-corrected chi connectivity index (χ3v) is 3.58. The molecule has 2 N–H and O–H groups in total. The van der Waals surface area contributed by atoms with Crippen LogP contribution in [0.25, 0.3) is 22.3 Å². The van der Waals surface area contributed by atoms with Gasteiger partial charge in [-0.05, 0) is 18.2 Å². The Bertz CT molecular complexity index is 934. The van der Waals surface area contributed by atoms with Gasteiger partial charge in [0, 0.05) is 23.1 Å². The molecular weight excluding hydrogens is 270 g/mol. The molecule has 0 amide bonds. The lowest BCUT2D eigenvalue weighted by Gasteiger charge is -2.16. The molecule has 1 aliphatic heterocycles. The average Bonchev–Trinajstić information content (AvgIpc) is 2.84. The lowest BCUT2D eigenvalue weighted by Crippen LogP contribution is -2.03. The van der Waals surface area contributed by atoms with Crippen LogP contribution < -0.4 is 4.74 Å². The Hall–Kier alpha value is -3.13. The second kappa shape index (κ2) is 3.93. The Morgan fingerprint density at radius 3 is 2.76 bits per heavy atom. The zero-order valence-electron chi connectivity index (χ0n) is 10.8. The molecule has 4 rings (SSSR count). The Morgan fingerprint density at radius 1 is 1.10 bits per heavy atom. The van der Waals surface area contributed by atoms with Gasteiger partial charge in [0.05, 0.1) is 11.1 Å². The quantitative estimate of drug-likeness (QED) is 0.659. The topological polar surface area (TPSA) is 86.6 Å². The monoisotopic (exact) mass is 279 g/mol. The van der Waals surface area contributed by atoms with Crippen molar-refractivity contribution in [1.29, 1.82) is 5.26 Å². The van der Waals surface area contributed by atoms with Gasteiger partial charge in [0.25, 0.3) is 0 Å². The number of rotatable bonds is 0. The van der Waals surface area contributed by atoms with E-state index in [0.29, 0.717) is 28.0 Å². The second-order valence-corrected chi connectivity index (χ2v) is 4.86. The zero-order chi connectivity index (χ0) is 14.6. The van der Waals surface area contributed by atoms with Gasteiger partial charge in [0.1, 0.15) is 35.7 Å². The highest BCUT2D eigenvalue weighted by Gasteiger charge is 2.26. The molecule has 2 aromatic carbocycles. The molecule has 5 heteroatoms. The van der Waals surface area contributed by atoms with Crippen LogP contribution in [0.15, 0.2) is 34.7 Å². The van der Waals surface area contributed by atoms with Gasteiger partial charge in [-0.3, -0.25) is 0 Å². The van der Waals surface area contributed by atoms with Crippen LogP contribution in [0, 0.1) is 11.3 Å². The van der Waals surface area contributed by atoms with Crippen molar-refractivity contribution in [1.82, 2.24) is 0 Å². The van der Waals surface area contributed by atoms with Crippen LogP contribution in [0.2, 0.25) is 0 Å². The van der Waals surface area contributed by atoms with E-state index in [9.17, 15) is 10.2 Å². The minimum atomic E-state index is 0.0131. The van der Waals surface area contributed by atoms with Gasteiger partial charge in [-0.2, -0.15) is 5.26 Å². The van der Waals surface area contributed by atoms with E-state index < -0.39 is 0 Å². The van der Waals surface area contributed by atoms with Crippen LogP contribution >= 0.6 is 0 Å².